The number of ether oxygens (including phenoxy) is 1. The van der Waals surface area contributed by atoms with Gasteiger partial charge in [0.15, 0.2) is 0 Å². The molecule has 2 heterocycles. The predicted octanol–water partition coefficient (Wildman–Crippen LogP) is 1.89. The smallest absolute Gasteiger partial charge is 0.218 e. The Kier molecular flexibility index (Phi) is 4.22. The van der Waals surface area contributed by atoms with E-state index in [1.165, 1.54) is 0 Å². The molecule has 6 nitrogen and oxygen atoms in total. The van der Waals surface area contributed by atoms with E-state index in [-0.39, 0.29) is 0 Å². The average Bonchev–Trinajstić information content (AvgIpc) is 2.36. The van der Waals surface area contributed by atoms with E-state index in [0.29, 0.717) is 24.9 Å². The van der Waals surface area contributed by atoms with Gasteiger partial charge in [0.25, 0.3) is 0 Å². The number of hydrogen-bond donors (Lipinski definition) is 1. The molecule has 19 heavy (non-hydrogen) atoms. The molecule has 0 radical (unpaired) electrons. The Morgan fingerprint density at radius 3 is 2.74 bits per heavy atom. The largest absolute Gasteiger partial charge is 0.478 e. The van der Waals surface area contributed by atoms with E-state index in [9.17, 15) is 0 Å². The first-order chi connectivity index (χ1) is 9.17. The zero-order valence-corrected chi connectivity index (χ0v) is 11.3. The van der Waals surface area contributed by atoms with Crippen molar-refractivity contribution in [1.82, 2.24) is 19.9 Å². The molecule has 0 saturated carbocycles. The second kappa shape index (κ2) is 6.08. The zero-order chi connectivity index (χ0) is 13.7. The maximum Gasteiger partial charge on any atom is 0.218 e. The first-order valence-corrected chi connectivity index (χ1v) is 6.18. The number of aryl methyl sites for hydroxylation is 2. The number of nitrogens with one attached hydrogen (secondary N) is 1. The van der Waals surface area contributed by atoms with E-state index in [0.717, 1.165) is 17.3 Å². The monoisotopic (exact) mass is 259 g/mol. The van der Waals surface area contributed by atoms with E-state index in [1.807, 2.05) is 26.8 Å². The average molecular weight is 259 g/mol. The van der Waals surface area contributed by atoms with Crippen molar-refractivity contribution >= 4 is 5.82 Å². The van der Waals surface area contributed by atoms with E-state index in [4.69, 9.17) is 4.74 Å². The summed E-state index contributed by atoms with van der Waals surface area (Å²) >= 11 is 0. The molecule has 0 atom stereocenters. The topological polar surface area (TPSA) is 72.8 Å². The lowest BCUT2D eigenvalue weighted by Gasteiger charge is -2.08. The third kappa shape index (κ3) is 3.87. The highest BCUT2D eigenvalue weighted by Crippen LogP contribution is 2.13. The van der Waals surface area contributed by atoms with Gasteiger partial charge in [-0.05, 0) is 26.8 Å². The summed E-state index contributed by atoms with van der Waals surface area (Å²) in [6, 6.07) is 3.65. The Labute approximate surface area is 112 Å². The van der Waals surface area contributed by atoms with Gasteiger partial charge in [0.2, 0.25) is 5.88 Å². The van der Waals surface area contributed by atoms with Crippen LogP contribution in [-0.2, 0) is 6.54 Å². The van der Waals surface area contributed by atoms with Crippen molar-refractivity contribution in [3.05, 3.63) is 35.7 Å². The Balaban J connectivity index is 2.06. The van der Waals surface area contributed by atoms with Crippen LogP contribution in [0.25, 0.3) is 0 Å². The van der Waals surface area contributed by atoms with E-state index in [2.05, 4.69) is 25.3 Å². The third-order valence-corrected chi connectivity index (χ3v) is 2.39. The summed E-state index contributed by atoms with van der Waals surface area (Å²) in [6.45, 7) is 6.80. The Morgan fingerprint density at radius 2 is 2.00 bits per heavy atom. The highest BCUT2D eigenvalue weighted by molar-refractivity contribution is 5.38. The van der Waals surface area contributed by atoms with Crippen LogP contribution in [0.5, 0.6) is 5.88 Å². The number of hydrogen-bond acceptors (Lipinski definition) is 6. The molecular weight excluding hydrogens is 242 g/mol. The molecule has 2 rings (SSSR count). The number of anilines is 1. The van der Waals surface area contributed by atoms with Gasteiger partial charge >= 0.3 is 0 Å². The lowest BCUT2D eigenvalue weighted by atomic mass is 10.4. The summed E-state index contributed by atoms with van der Waals surface area (Å²) in [4.78, 5) is 16.9. The second-order valence-electron chi connectivity index (χ2n) is 4.02. The number of aromatic nitrogens is 4. The Hall–Kier alpha value is -2.24. The van der Waals surface area contributed by atoms with Crippen LogP contribution in [0.15, 0.2) is 18.3 Å². The molecule has 0 spiro atoms. The molecule has 1 N–H and O–H groups in total. The predicted molar refractivity (Wildman–Crippen MR) is 72.0 cm³/mol. The van der Waals surface area contributed by atoms with Gasteiger partial charge in [0.1, 0.15) is 17.5 Å². The quantitative estimate of drug-likeness (QED) is 0.884. The molecule has 0 aromatic carbocycles. The highest BCUT2D eigenvalue weighted by atomic mass is 16.5. The van der Waals surface area contributed by atoms with E-state index >= 15 is 0 Å². The lowest BCUT2D eigenvalue weighted by molar-refractivity contribution is 0.325. The van der Waals surface area contributed by atoms with Crippen LogP contribution in [0.3, 0.4) is 0 Å². The van der Waals surface area contributed by atoms with Gasteiger partial charge in [-0.25, -0.2) is 15.0 Å². The lowest BCUT2D eigenvalue weighted by Crippen LogP contribution is -2.06. The van der Waals surface area contributed by atoms with Crippen LogP contribution in [-0.4, -0.2) is 26.5 Å². The van der Waals surface area contributed by atoms with Gasteiger partial charge in [0.05, 0.1) is 18.8 Å². The van der Waals surface area contributed by atoms with Gasteiger partial charge in [-0.1, -0.05) is 0 Å². The van der Waals surface area contributed by atoms with Crippen molar-refractivity contribution in [3.8, 4) is 5.88 Å². The second-order valence-corrected chi connectivity index (χ2v) is 4.02. The summed E-state index contributed by atoms with van der Waals surface area (Å²) in [5.41, 5.74) is 0.918. The summed E-state index contributed by atoms with van der Waals surface area (Å²) in [7, 11) is 0. The molecular formula is C13H17N5O. The summed E-state index contributed by atoms with van der Waals surface area (Å²) in [5, 5.41) is 3.21. The maximum atomic E-state index is 5.38. The van der Waals surface area contributed by atoms with Gasteiger partial charge in [-0.2, -0.15) is 4.98 Å². The molecule has 0 aliphatic carbocycles. The molecule has 0 aliphatic heterocycles. The molecule has 0 unspecified atom stereocenters. The van der Waals surface area contributed by atoms with Crippen molar-refractivity contribution in [2.75, 3.05) is 11.9 Å². The first-order valence-electron chi connectivity index (χ1n) is 6.18. The molecule has 0 fully saturated rings. The van der Waals surface area contributed by atoms with Crippen LogP contribution < -0.4 is 10.1 Å². The van der Waals surface area contributed by atoms with E-state index < -0.39 is 0 Å². The SMILES string of the molecule is CCOc1cc(NCc2ccnc(C)n2)nc(C)n1. The van der Waals surface area contributed by atoms with Crippen LogP contribution in [0.2, 0.25) is 0 Å². The molecule has 6 heteroatoms. The van der Waals surface area contributed by atoms with Crippen molar-refractivity contribution in [1.29, 1.82) is 0 Å². The van der Waals surface area contributed by atoms with Crippen molar-refractivity contribution < 1.29 is 4.74 Å². The Morgan fingerprint density at radius 1 is 1.16 bits per heavy atom. The van der Waals surface area contributed by atoms with E-state index in [1.54, 1.807) is 12.3 Å². The highest BCUT2D eigenvalue weighted by Gasteiger charge is 2.03. The number of nitrogens with zero attached hydrogens (tertiary/aromatic N) is 4. The fraction of sp³-hybridized carbons (Fsp3) is 0.385. The minimum atomic E-state index is 0.580. The fourth-order valence-corrected chi connectivity index (χ4v) is 1.64. The minimum absolute atomic E-state index is 0.580. The molecule has 0 saturated heterocycles. The minimum Gasteiger partial charge on any atom is -0.478 e. The standard InChI is InChI=1S/C13H17N5O/c1-4-19-13-7-12(17-10(3)18-13)15-8-11-5-6-14-9(2)16-11/h5-7H,4,8H2,1-3H3,(H,15,17,18). The van der Waals surface area contributed by atoms with Crippen molar-refractivity contribution in [2.24, 2.45) is 0 Å². The van der Waals surface area contributed by atoms with Gasteiger partial charge in [0, 0.05) is 12.3 Å². The van der Waals surface area contributed by atoms with Crippen molar-refractivity contribution in [2.45, 2.75) is 27.3 Å². The van der Waals surface area contributed by atoms with Crippen LogP contribution in [0.1, 0.15) is 24.3 Å². The number of rotatable bonds is 5. The van der Waals surface area contributed by atoms with Gasteiger partial charge in [-0.3, -0.25) is 0 Å². The summed E-state index contributed by atoms with van der Waals surface area (Å²) in [5.74, 6) is 2.74. The zero-order valence-electron chi connectivity index (χ0n) is 11.3. The van der Waals surface area contributed by atoms with Crippen LogP contribution >= 0.6 is 0 Å². The molecule has 2 aromatic heterocycles. The van der Waals surface area contributed by atoms with Crippen LogP contribution in [0, 0.1) is 13.8 Å². The third-order valence-electron chi connectivity index (χ3n) is 2.39. The molecule has 0 aliphatic rings. The maximum absolute atomic E-state index is 5.38. The normalized spacial score (nSPS) is 10.3. The van der Waals surface area contributed by atoms with Gasteiger partial charge < -0.3 is 10.1 Å². The Bertz CT molecular complexity index is 558. The van der Waals surface area contributed by atoms with Gasteiger partial charge in [-0.15, -0.1) is 0 Å². The molecule has 100 valence electrons. The fourth-order valence-electron chi connectivity index (χ4n) is 1.64. The van der Waals surface area contributed by atoms with Crippen molar-refractivity contribution in [3.63, 3.8) is 0 Å². The molecule has 0 amide bonds. The molecule has 2 aromatic rings. The molecule has 0 bridgehead atoms. The summed E-state index contributed by atoms with van der Waals surface area (Å²) in [6.07, 6.45) is 1.75. The summed E-state index contributed by atoms with van der Waals surface area (Å²) < 4.78 is 5.38. The first kappa shape index (κ1) is 13.2. The van der Waals surface area contributed by atoms with Crippen LogP contribution in [0.4, 0.5) is 5.82 Å².